The zero-order chi connectivity index (χ0) is 12.0. The molecule has 1 aromatic carbocycles. The summed E-state index contributed by atoms with van der Waals surface area (Å²) >= 11 is 3.31. The molecule has 1 amide bonds. The lowest BCUT2D eigenvalue weighted by Gasteiger charge is -2.08. The molecule has 16 heavy (non-hydrogen) atoms. The molecule has 1 N–H and O–H groups in total. The van der Waals surface area contributed by atoms with Gasteiger partial charge in [0.25, 0.3) is 5.91 Å². The van der Waals surface area contributed by atoms with Gasteiger partial charge in [-0.1, -0.05) is 15.9 Å². The highest BCUT2D eigenvalue weighted by Gasteiger charge is 2.11. The van der Waals surface area contributed by atoms with Gasteiger partial charge >= 0.3 is 0 Å². The maximum Gasteiger partial charge on any atom is 0.255 e. The number of rotatable bonds is 4. The standard InChI is InChI=1S/C12H12BrNO2/c1-3-4-7-14-12(15)10-6-5-9(13)8-11(10)16-2/h1,5-6,8H,4,7H2,2H3,(H,14,15). The zero-order valence-electron chi connectivity index (χ0n) is 8.92. The van der Waals surface area contributed by atoms with Crippen LogP contribution in [0.1, 0.15) is 16.8 Å². The first-order valence-electron chi connectivity index (χ1n) is 4.74. The number of terminal acetylenes is 1. The quantitative estimate of drug-likeness (QED) is 0.679. The fourth-order valence-electron chi connectivity index (χ4n) is 1.20. The number of carbonyl (C=O) groups excluding carboxylic acids is 1. The number of nitrogens with one attached hydrogen (secondary N) is 1. The maximum atomic E-state index is 11.7. The molecule has 0 atom stereocenters. The first-order valence-corrected chi connectivity index (χ1v) is 5.53. The first-order chi connectivity index (χ1) is 7.69. The summed E-state index contributed by atoms with van der Waals surface area (Å²) < 4.78 is 5.99. The average Bonchev–Trinajstić information content (AvgIpc) is 2.29. The molecule has 0 aliphatic rings. The van der Waals surface area contributed by atoms with Crippen LogP contribution in [0.5, 0.6) is 5.75 Å². The summed E-state index contributed by atoms with van der Waals surface area (Å²) in [6, 6.07) is 5.24. The number of carbonyl (C=O) groups is 1. The molecule has 4 heteroatoms. The fraction of sp³-hybridized carbons (Fsp3) is 0.250. The van der Waals surface area contributed by atoms with E-state index in [-0.39, 0.29) is 5.91 Å². The Morgan fingerprint density at radius 2 is 2.38 bits per heavy atom. The second-order valence-corrected chi connectivity index (χ2v) is 3.97. The number of halogens is 1. The molecule has 0 fully saturated rings. The molecule has 0 radical (unpaired) electrons. The van der Waals surface area contributed by atoms with Crippen molar-refractivity contribution in [2.45, 2.75) is 6.42 Å². The van der Waals surface area contributed by atoms with Crippen LogP contribution in [0.2, 0.25) is 0 Å². The highest BCUT2D eigenvalue weighted by atomic mass is 79.9. The number of ether oxygens (including phenoxy) is 1. The van der Waals surface area contributed by atoms with Gasteiger partial charge in [0.1, 0.15) is 5.75 Å². The monoisotopic (exact) mass is 281 g/mol. The number of hydrogen-bond acceptors (Lipinski definition) is 2. The summed E-state index contributed by atoms with van der Waals surface area (Å²) in [4.78, 5) is 11.7. The van der Waals surface area contributed by atoms with Crippen molar-refractivity contribution in [3.63, 3.8) is 0 Å². The average molecular weight is 282 g/mol. The second-order valence-electron chi connectivity index (χ2n) is 3.05. The van der Waals surface area contributed by atoms with Gasteiger partial charge in [0, 0.05) is 17.4 Å². The number of methoxy groups -OCH3 is 1. The lowest BCUT2D eigenvalue weighted by atomic mass is 10.2. The molecule has 0 aliphatic heterocycles. The van der Waals surface area contributed by atoms with Gasteiger partial charge < -0.3 is 10.1 Å². The Hall–Kier alpha value is -1.47. The van der Waals surface area contributed by atoms with Gasteiger partial charge in [-0.15, -0.1) is 12.3 Å². The van der Waals surface area contributed by atoms with Crippen molar-refractivity contribution in [1.82, 2.24) is 5.32 Å². The molecule has 0 spiro atoms. The molecule has 1 rings (SSSR count). The van der Waals surface area contributed by atoms with Crippen LogP contribution in [0, 0.1) is 12.3 Å². The fourth-order valence-corrected chi connectivity index (χ4v) is 1.54. The van der Waals surface area contributed by atoms with E-state index in [2.05, 4.69) is 27.2 Å². The van der Waals surface area contributed by atoms with Crippen LogP contribution in [-0.4, -0.2) is 19.6 Å². The molecule has 1 aromatic rings. The molecular weight excluding hydrogens is 270 g/mol. The predicted octanol–water partition coefficient (Wildman–Crippen LogP) is 2.21. The molecule has 0 saturated carbocycles. The Morgan fingerprint density at radius 1 is 1.62 bits per heavy atom. The van der Waals surface area contributed by atoms with Crippen LogP contribution < -0.4 is 10.1 Å². The summed E-state index contributed by atoms with van der Waals surface area (Å²) in [6.45, 7) is 0.467. The van der Waals surface area contributed by atoms with E-state index in [0.717, 1.165) is 4.47 Å². The molecule has 0 bridgehead atoms. The third-order valence-electron chi connectivity index (χ3n) is 1.96. The van der Waals surface area contributed by atoms with Crippen molar-refractivity contribution in [2.75, 3.05) is 13.7 Å². The Bertz CT molecular complexity index is 424. The number of benzene rings is 1. The van der Waals surface area contributed by atoms with Gasteiger partial charge in [-0.25, -0.2) is 0 Å². The Morgan fingerprint density at radius 3 is 3.00 bits per heavy atom. The smallest absolute Gasteiger partial charge is 0.255 e. The third kappa shape index (κ3) is 3.28. The lowest BCUT2D eigenvalue weighted by Crippen LogP contribution is -2.24. The van der Waals surface area contributed by atoms with Crippen molar-refractivity contribution in [3.8, 4) is 18.1 Å². The van der Waals surface area contributed by atoms with Crippen LogP contribution in [0.15, 0.2) is 22.7 Å². The van der Waals surface area contributed by atoms with Crippen LogP contribution >= 0.6 is 15.9 Å². The van der Waals surface area contributed by atoms with Crippen LogP contribution in [0.3, 0.4) is 0 Å². The Labute approximate surface area is 103 Å². The minimum atomic E-state index is -0.181. The molecule has 0 unspecified atom stereocenters. The molecule has 0 saturated heterocycles. The van der Waals surface area contributed by atoms with Crippen LogP contribution in [-0.2, 0) is 0 Å². The minimum absolute atomic E-state index is 0.181. The van der Waals surface area contributed by atoms with Crippen LogP contribution in [0.25, 0.3) is 0 Å². The third-order valence-corrected chi connectivity index (χ3v) is 2.46. The van der Waals surface area contributed by atoms with Crippen molar-refractivity contribution >= 4 is 21.8 Å². The van der Waals surface area contributed by atoms with E-state index in [4.69, 9.17) is 11.2 Å². The largest absolute Gasteiger partial charge is 0.496 e. The first kappa shape index (κ1) is 12.6. The van der Waals surface area contributed by atoms with E-state index in [1.807, 2.05) is 0 Å². The van der Waals surface area contributed by atoms with Gasteiger partial charge in [0.2, 0.25) is 0 Å². The summed E-state index contributed by atoms with van der Waals surface area (Å²) in [5.74, 6) is 2.81. The predicted molar refractivity (Wildman–Crippen MR) is 66.5 cm³/mol. The van der Waals surface area contributed by atoms with Crippen molar-refractivity contribution in [2.24, 2.45) is 0 Å². The van der Waals surface area contributed by atoms with Crippen molar-refractivity contribution in [3.05, 3.63) is 28.2 Å². The van der Waals surface area contributed by atoms with E-state index in [1.165, 1.54) is 7.11 Å². The van der Waals surface area contributed by atoms with Gasteiger partial charge in [0.05, 0.1) is 12.7 Å². The van der Waals surface area contributed by atoms with Crippen LogP contribution in [0.4, 0.5) is 0 Å². The molecular formula is C12H12BrNO2. The summed E-state index contributed by atoms with van der Waals surface area (Å²) in [7, 11) is 1.53. The van der Waals surface area contributed by atoms with E-state index in [0.29, 0.717) is 24.3 Å². The Kier molecular flexibility index (Phi) is 4.87. The minimum Gasteiger partial charge on any atom is -0.496 e. The SMILES string of the molecule is C#CCCNC(=O)c1ccc(Br)cc1OC. The molecule has 0 aromatic heterocycles. The van der Waals surface area contributed by atoms with Crippen molar-refractivity contribution < 1.29 is 9.53 Å². The molecule has 3 nitrogen and oxygen atoms in total. The summed E-state index contributed by atoms with van der Waals surface area (Å²) in [6.07, 6.45) is 5.62. The lowest BCUT2D eigenvalue weighted by molar-refractivity contribution is 0.0951. The highest BCUT2D eigenvalue weighted by Crippen LogP contribution is 2.23. The van der Waals surface area contributed by atoms with Gasteiger partial charge in [0.15, 0.2) is 0 Å². The summed E-state index contributed by atoms with van der Waals surface area (Å²) in [5, 5.41) is 2.72. The maximum absolute atomic E-state index is 11.7. The number of amides is 1. The summed E-state index contributed by atoms with van der Waals surface area (Å²) in [5.41, 5.74) is 0.503. The van der Waals surface area contributed by atoms with Gasteiger partial charge in [-0.2, -0.15) is 0 Å². The topological polar surface area (TPSA) is 38.3 Å². The van der Waals surface area contributed by atoms with E-state index >= 15 is 0 Å². The van der Waals surface area contributed by atoms with E-state index in [1.54, 1.807) is 18.2 Å². The van der Waals surface area contributed by atoms with E-state index in [9.17, 15) is 4.79 Å². The Balaban J connectivity index is 2.79. The van der Waals surface area contributed by atoms with Crippen molar-refractivity contribution in [1.29, 1.82) is 0 Å². The van der Waals surface area contributed by atoms with Gasteiger partial charge in [-0.3, -0.25) is 4.79 Å². The van der Waals surface area contributed by atoms with E-state index < -0.39 is 0 Å². The molecule has 0 heterocycles. The molecule has 84 valence electrons. The zero-order valence-corrected chi connectivity index (χ0v) is 10.5. The number of hydrogen-bond donors (Lipinski definition) is 1. The molecule has 0 aliphatic carbocycles. The second kappa shape index (κ2) is 6.19. The highest BCUT2D eigenvalue weighted by molar-refractivity contribution is 9.10. The normalized spacial score (nSPS) is 9.31. The van der Waals surface area contributed by atoms with Gasteiger partial charge in [-0.05, 0) is 18.2 Å².